The van der Waals surface area contributed by atoms with Crippen LogP contribution in [-0.2, 0) is 0 Å². The van der Waals surface area contributed by atoms with E-state index in [4.69, 9.17) is 16.4 Å². The lowest BCUT2D eigenvalue weighted by Crippen LogP contribution is -1.90. The molecule has 0 aliphatic heterocycles. The Labute approximate surface area is 89.4 Å². The first kappa shape index (κ1) is 9.84. The van der Waals surface area contributed by atoms with Crippen LogP contribution in [0, 0.1) is 6.92 Å². The van der Waals surface area contributed by atoms with E-state index in [0.717, 1.165) is 10.8 Å². The predicted molar refractivity (Wildman–Crippen MR) is 59.4 cm³/mol. The molecule has 3 radical (unpaired) electrons. The van der Waals surface area contributed by atoms with Crippen molar-refractivity contribution in [3.63, 3.8) is 0 Å². The Bertz CT molecular complexity index is 489. The Morgan fingerprint density at radius 3 is 2.07 bits per heavy atom. The number of hydrogen-bond acceptors (Lipinski definition) is 2. The van der Waals surface area contributed by atoms with Crippen molar-refractivity contribution in [3.8, 4) is 11.5 Å². The molecular formula is C13H11O2. The molecule has 0 atom stereocenters. The molecule has 2 heteroatoms. The molecule has 0 aliphatic rings. The first-order valence-electron chi connectivity index (χ1n) is 4.62. The fourth-order valence-electron chi connectivity index (χ4n) is 1.57. The molecule has 0 spiro atoms. The summed E-state index contributed by atoms with van der Waals surface area (Å²) in [5, 5.41) is 2.03. The largest absolute Gasteiger partial charge is 0.493 e. The zero-order valence-electron chi connectivity index (χ0n) is 8.70. The van der Waals surface area contributed by atoms with E-state index in [1.807, 2.05) is 18.2 Å². The number of methoxy groups -OCH3 is 2. The van der Waals surface area contributed by atoms with Gasteiger partial charge in [0.25, 0.3) is 0 Å². The van der Waals surface area contributed by atoms with Gasteiger partial charge in [-0.05, 0) is 28.5 Å². The van der Waals surface area contributed by atoms with E-state index in [0.29, 0.717) is 17.1 Å². The van der Waals surface area contributed by atoms with Gasteiger partial charge in [0.15, 0.2) is 11.5 Å². The second kappa shape index (κ2) is 3.81. The first-order valence-corrected chi connectivity index (χ1v) is 4.62. The van der Waals surface area contributed by atoms with Crippen LogP contribution in [0.2, 0.25) is 0 Å². The second-order valence-electron chi connectivity index (χ2n) is 3.27. The SMILES string of the molecule is [C]c1ccc2cc(OC)c(OC)cc2c1. The molecule has 0 heterocycles. The summed E-state index contributed by atoms with van der Waals surface area (Å²) in [5.41, 5.74) is 0.495. The quantitative estimate of drug-likeness (QED) is 0.740. The number of rotatable bonds is 2. The summed E-state index contributed by atoms with van der Waals surface area (Å²) in [4.78, 5) is 0. The molecule has 2 aromatic carbocycles. The Hall–Kier alpha value is -1.70. The smallest absolute Gasteiger partial charge is 0.161 e. The van der Waals surface area contributed by atoms with Crippen LogP contribution in [0.3, 0.4) is 0 Å². The van der Waals surface area contributed by atoms with Crippen LogP contribution < -0.4 is 9.47 Å². The maximum Gasteiger partial charge on any atom is 0.161 e. The minimum absolute atomic E-state index is 0.495. The van der Waals surface area contributed by atoms with Crippen LogP contribution in [0.25, 0.3) is 10.8 Å². The highest BCUT2D eigenvalue weighted by Crippen LogP contribution is 2.32. The van der Waals surface area contributed by atoms with Gasteiger partial charge in [0.1, 0.15) is 0 Å². The molecule has 2 aromatic rings. The van der Waals surface area contributed by atoms with Gasteiger partial charge in [-0.15, -0.1) is 0 Å². The van der Waals surface area contributed by atoms with Gasteiger partial charge in [-0.3, -0.25) is 0 Å². The van der Waals surface area contributed by atoms with Gasteiger partial charge < -0.3 is 9.47 Å². The van der Waals surface area contributed by atoms with Crippen molar-refractivity contribution in [2.45, 2.75) is 0 Å². The lowest BCUT2D eigenvalue weighted by atomic mass is 10.1. The van der Waals surface area contributed by atoms with Crippen molar-refractivity contribution >= 4 is 10.8 Å². The lowest BCUT2D eigenvalue weighted by Gasteiger charge is -2.09. The van der Waals surface area contributed by atoms with Crippen molar-refractivity contribution in [1.82, 2.24) is 0 Å². The van der Waals surface area contributed by atoms with Crippen LogP contribution in [0.1, 0.15) is 5.56 Å². The molecule has 0 N–H and O–H groups in total. The topological polar surface area (TPSA) is 18.5 Å². The summed E-state index contributed by atoms with van der Waals surface area (Å²) in [6.07, 6.45) is 0. The molecule has 0 fully saturated rings. The van der Waals surface area contributed by atoms with Crippen LogP contribution in [-0.4, -0.2) is 14.2 Å². The van der Waals surface area contributed by atoms with E-state index in [-0.39, 0.29) is 0 Å². The maximum absolute atomic E-state index is 7.53. The molecule has 2 nitrogen and oxygen atoms in total. The monoisotopic (exact) mass is 199 g/mol. The highest BCUT2D eigenvalue weighted by atomic mass is 16.5. The van der Waals surface area contributed by atoms with Crippen LogP contribution in [0.5, 0.6) is 11.5 Å². The molecule has 0 saturated carbocycles. The van der Waals surface area contributed by atoms with Crippen molar-refractivity contribution in [2.75, 3.05) is 14.2 Å². The Balaban J connectivity index is 2.69. The first-order chi connectivity index (χ1) is 7.24. The molecule has 75 valence electrons. The molecule has 15 heavy (non-hydrogen) atoms. The Morgan fingerprint density at radius 1 is 0.867 bits per heavy atom. The molecule has 2 rings (SSSR count). The van der Waals surface area contributed by atoms with Crippen LogP contribution in [0.4, 0.5) is 0 Å². The zero-order valence-corrected chi connectivity index (χ0v) is 8.70. The molecular weight excluding hydrogens is 188 g/mol. The predicted octanol–water partition coefficient (Wildman–Crippen LogP) is 2.79. The molecule has 0 amide bonds. The lowest BCUT2D eigenvalue weighted by molar-refractivity contribution is 0.356. The molecule has 0 aromatic heterocycles. The average Bonchev–Trinajstić information content (AvgIpc) is 2.27. The van der Waals surface area contributed by atoms with Gasteiger partial charge in [0, 0.05) is 6.92 Å². The van der Waals surface area contributed by atoms with E-state index in [1.165, 1.54) is 0 Å². The molecule has 0 saturated heterocycles. The Morgan fingerprint density at radius 2 is 1.47 bits per heavy atom. The van der Waals surface area contributed by atoms with Gasteiger partial charge in [-0.2, -0.15) is 0 Å². The number of benzene rings is 2. The minimum Gasteiger partial charge on any atom is -0.493 e. The third-order valence-electron chi connectivity index (χ3n) is 2.34. The molecule has 0 unspecified atom stereocenters. The summed E-state index contributed by atoms with van der Waals surface area (Å²) < 4.78 is 10.4. The van der Waals surface area contributed by atoms with Gasteiger partial charge in [0.05, 0.1) is 14.2 Å². The van der Waals surface area contributed by atoms with Crippen molar-refractivity contribution in [1.29, 1.82) is 0 Å². The number of fused-ring (bicyclic) bond motifs is 1. The van der Waals surface area contributed by atoms with Gasteiger partial charge in [-0.1, -0.05) is 18.2 Å². The van der Waals surface area contributed by atoms with Crippen LogP contribution >= 0.6 is 0 Å². The van der Waals surface area contributed by atoms with Gasteiger partial charge >= 0.3 is 0 Å². The number of ether oxygens (including phenoxy) is 2. The van der Waals surface area contributed by atoms with Crippen molar-refractivity contribution in [3.05, 3.63) is 42.8 Å². The third kappa shape index (κ3) is 1.75. The summed E-state index contributed by atoms with van der Waals surface area (Å²) in [6.45, 7) is 7.53. The van der Waals surface area contributed by atoms with E-state index in [2.05, 4.69) is 0 Å². The maximum atomic E-state index is 7.53. The average molecular weight is 199 g/mol. The van der Waals surface area contributed by atoms with Gasteiger partial charge in [-0.25, -0.2) is 0 Å². The summed E-state index contributed by atoms with van der Waals surface area (Å²) in [6, 6.07) is 9.25. The highest BCUT2D eigenvalue weighted by Gasteiger charge is 2.05. The summed E-state index contributed by atoms with van der Waals surface area (Å²) in [7, 11) is 3.22. The van der Waals surface area contributed by atoms with Crippen LogP contribution in [0.15, 0.2) is 30.3 Å². The summed E-state index contributed by atoms with van der Waals surface area (Å²) in [5.74, 6) is 1.40. The van der Waals surface area contributed by atoms with Gasteiger partial charge in [0.2, 0.25) is 0 Å². The standard InChI is InChI=1S/C13H11O2/c1-9-4-5-10-7-12(14-2)13(15-3)8-11(10)6-9/h4-8H,2-3H3. The zero-order chi connectivity index (χ0) is 10.8. The number of hydrogen-bond donors (Lipinski definition) is 0. The summed E-state index contributed by atoms with van der Waals surface area (Å²) >= 11 is 0. The second-order valence-corrected chi connectivity index (χ2v) is 3.27. The fourth-order valence-corrected chi connectivity index (χ4v) is 1.57. The van der Waals surface area contributed by atoms with Crippen molar-refractivity contribution < 1.29 is 9.47 Å². The molecule has 0 aliphatic carbocycles. The fraction of sp³-hybridized carbons (Fsp3) is 0.154. The van der Waals surface area contributed by atoms with E-state index in [1.54, 1.807) is 26.4 Å². The Kier molecular flexibility index (Phi) is 2.50. The molecule has 0 bridgehead atoms. The minimum atomic E-state index is 0.495. The van der Waals surface area contributed by atoms with E-state index >= 15 is 0 Å². The normalized spacial score (nSPS) is 10.3. The third-order valence-corrected chi connectivity index (χ3v) is 2.34. The van der Waals surface area contributed by atoms with E-state index < -0.39 is 0 Å². The highest BCUT2D eigenvalue weighted by molar-refractivity contribution is 5.86. The van der Waals surface area contributed by atoms with Crippen molar-refractivity contribution in [2.24, 2.45) is 0 Å². The van der Waals surface area contributed by atoms with E-state index in [9.17, 15) is 0 Å².